The first-order valence-corrected chi connectivity index (χ1v) is 5.81. The molecule has 3 N–H and O–H groups in total. The van der Waals surface area contributed by atoms with Gasteiger partial charge >= 0.3 is 5.97 Å². The summed E-state index contributed by atoms with van der Waals surface area (Å²) in [4.78, 5) is 25.6. The van der Waals surface area contributed by atoms with Gasteiger partial charge in [0.25, 0.3) is 5.91 Å². The van der Waals surface area contributed by atoms with Gasteiger partial charge in [-0.1, -0.05) is 11.6 Å². The lowest BCUT2D eigenvalue weighted by atomic mass is 10.2. The lowest BCUT2D eigenvalue weighted by molar-refractivity contribution is 0.0696. The van der Waals surface area contributed by atoms with Gasteiger partial charge in [-0.05, 0) is 24.3 Å². The van der Waals surface area contributed by atoms with Crippen molar-refractivity contribution >= 4 is 23.5 Å². The minimum atomic E-state index is -1.08. The van der Waals surface area contributed by atoms with E-state index in [0.717, 1.165) is 0 Å². The molecule has 1 amide bonds. The Morgan fingerprint density at radius 3 is 2.60 bits per heavy atom. The van der Waals surface area contributed by atoms with Crippen molar-refractivity contribution in [2.24, 2.45) is 5.73 Å². The number of carbonyl (C=O) groups is 2. The Bertz CT molecular complexity index is 688. The Morgan fingerprint density at radius 2 is 2.00 bits per heavy atom. The summed E-state index contributed by atoms with van der Waals surface area (Å²) in [7, 11) is 0. The Morgan fingerprint density at radius 1 is 1.25 bits per heavy atom. The van der Waals surface area contributed by atoms with Gasteiger partial charge in [-0.15, -0.1) is 0 Å². The fourth-order valence-corrected chi connectivity index (χ4v) is 1.67. The van der Waals surface area contributed by atoms with E-state index in [-0.39, 0.29) is 22.0 Å². The maximum atomic E-state index is 11.0. The summed E-state index contributed by atoms with van der Waals surface area (Å²) in [5.41, 5.74) is 5.22. The molecule has 102 valence electrons. The average molecular weight is 293 g/mol. The number of nitrogens with zero attached hydrogens (tertiary/aromatic N) is 1. The van der Waals surface area contributed by atoms with Gasteiger partial charge in [-0.25, -0.2) is 4.79 Å². The van der Waals surface area contributed by atoms with Gasteiger partial charge in [0.15, 0.2) is 0 Å². The van der Waals surface area contributed by atoms with Crippen molar-refractivity contribution in [2.45, 2.75) is 0 Å². The molecule has 0 saturated carbocycles. The molecule has 1 aromatic carbocycles. The van der Waals surface area contributed by atoms with Crippen molar-refractivity contribution in [1.82, 2.24) is 4.98 Å². The van der Waals surface area contributed by atoms with E-state index < -0.39 is 11.9 Å². The second-order valence-corrected chi connectivity index (χ2v) is 4.20. The number of pyridine rings is 1. The normalized spacial score (nSPS) is 10.1. The zero-order valence-electron chi connectivity index (χ0n) is 10.0. The molecule has 0 aliphatic carbocycles. The standard InChI is InChI=1S/C13H9ClN2O4/c14-9-5-7(13(18)19)1-2-11(9)20-8-3-4-16-10(6-8)12(15)17/h1-6H,(H2,15,17)(H,18,19). The highest BCUT2D eigenvalue weighted by atomic mass is 35.5. The minimum absolute atomic E-state index is 0.0508. The maximum absolute atomic E-state index is 11.0. The number of carboxylic acid groups (broad SMARTS) is 1. The minimum Gasteiger partial charge on any atom is -0.478 e. The number of hydrogen-bond acceptors (Lipinski definition) is 4. The van der Waals surface area contributed by atoms with E-state index in [2.05, 4.69) is 4.98 Å². The van der Waals surface area contributed by atoms with E-state index in [9.17, 15) is 9.59 Å². The van der Waals surface area contributed by atoms with Crippen molar-refractivity contribution in [3.63, 3.8) is 0 Å². The van der Waals surface area contributed by atoms with E-state index in [4.69, 9.17) is 27.2 Å². The Labute approximate surface area is 118 Å². The van der Waals surface area contributed by atoms with Crippen LogP contribution in [0.5, 0.6) is 11.5 Å². The molecule has 0 unspecified atom stereocenters. The average Bonchev–Trinajstić information content (AvgIpc) is 2.41. The fraction of sp³-hybridized carbons (Fsp3) is 0. The number of rotatable bonds is 4. The highest BCUT2D eigenvalue weighted by Gasteiger charge is 2.10. The summed E-state index contributed by atoms with van der Waals surface area (Å²) in [6, 6.07) is 6.95. The third kappa shape index (κ3) is 3.04. The van der Waals surface area contributed by atoms with Gasteiger partial charge in [0.05, 0.1) is 10.6 Å². The van der Waals surface area contributed by atoms with Gasteiger partial charge in [-0.2, -0.15) is 0 Å². The number of carboxylic acids is 1. The number of ether oxygens (including phenoxy) is 1. The van der Waals surface area contributed by atoms with Crippen LogP contribution in [0.1, 0.15) is 20.8 Å². The quantitative estimate of drug-likeness (QED) is 0.900. The maximum Gasteiger partial charge on any atom is 0.335 e. The van der Waals surface area contributed by atoms with Crippen molar-refractivity contribution in [3.05, 3.63) is 52.8 Å². The molecule has 1 heterocycles. The summed E-state index contributed by atoms with van der Waals surface area (Å²) >= 11 is 5.93. The van der Waals surface area contributed by atoms with E-state index in [1.807, 2.05) is 0 Å². The monoisotopic (exact) mass is 292 g/mol. The Hall–Kier alpha value is -2.60. The van der Waals surface area contributed by atoms with Crippen LogP contribution < -0.4 is 10.5 Å². The molecule has 2 aromatic rings. The highest BCUT2D eigenvalue weighted by molar-refractivity contribution is 6.32. The summed E-state index contributed by atoms with van der Waals surface area (Å²) in [5, 5.41) is 8.97. The van der Waals surface area contributed by atoms with Gasteiger partial charge in [-0.3, -0.25) is 9.78 Å². The van der Waals surface area contributed by atoms with Crippen molar-refractivity contribution in [1.29, 1.82) is 0 Å². The van der Waals surface area contributed by atoms with E-state index in [1.54, 1.807) is 0 Å². The number of aromatic carboxylic acids is 1. The predicted octanol–water partition coefficient (Wildman–Crippen LogP) is 2.32. The Kier molecular flexibility index (Phi) is 3.86. The first-order valence-electron chi connectivity index (χ1n) is 5.44. The molecule has 20 heavy (non-hydrogen) atoms. The van der Waals surface area contributed by atoms with Crippen LogP contribution in [-0.4, -0.2) is 22.0 Å². The van der Waals surface area contributed by atoms with Gasteiger partial charge in [0.2, 0.25) is 0 Å². The second kappa shape index (κ2) is 5.58. The number of aromatic nitrogens is 1. The van der Waals surface area contributed by atoms with E-state index in [0.29, 0.717) is 5.75 Å². The molecule has 0 radical (unpaired) electrons. The predicted molar refractivity (Wildman–Crippen MR) is 71.2 cm³/mol. The van der Waals surface area contributed by atoms with Gasteiger partial charge in [0.1, 0.15) is 17.2 Å². The third-order valence-electron chi connectivity index (χ3n) is 2.39. The van der Waals surface area contributed by atoms with Crippen LogP contribution >= 0.6 is 11.6 Å². The third-order valence-corrected chi connectivity index (χ3v) is 2.69. The molecule has 6 nitrogen and oxygen atoms in total. The lowest BCUT2D eigenvalue weighted by Crippen LogP contribution is -2.12. The highest BCUT2D eigenvalue weighted by Crippen LogP contribution is 2.30. The van der Waals surface area contributed by atoms with E-state index in [1.165, 1.54) is 36.5 Å². The number of carbonyl (C=O) groups excluding carboxylic acids is 1. The number of amides is 1. The number of nitrogens with two attached hydrogens (primary N) is 1. The van der Waals surface area contributed by atoms with Crippen molar-refractivity contribution in [2.75, 3.05) is 0 Å². The molecule has 0 fully saturated rings. The first-order chi connectivity index (χ1) is 9.47. The number of primary amides is 1. The van der Waals surface area contributed by atoms with Gasteiger partial charge < -0.3 is 15.6 Å². The van der Waals surface area contributed by atoms with Crippen LogP contribution in [0.2, 0.25) is 5.02 Å². The molecule has 0 aliphatic heterocycles. The van der Waals surface area contributed by atoms with E-state index >= 15 is 0 Å². The zero-order valence-corrected chi connectivity index (χ0v) is 10.8. The Balaban J connectivity index is 2.28. The number of halogens is 1. The summed E-state index contributed by atoms with van der Waals surface area (Å²) in [6.45, 7) is 0. The van der Waals surface area contributed by atoms with Gasteiger partial charge in [0, 0.05) is 12.3 Å². The summed E-state index contributed by atoms with van der Waals surface area (Å²) < 4.78 is 5.46. The molecule has 0 bridgehead atoms. The molecule has 0 saturated heterocycles. The molecule has 0 spiro atoms. The SMILES string of the molecule is NC(=O)c1cc(Oc2ccc(C(=O)O)cc2Cl)ccn1. The zero-order chi connectivity index (χ0) is 14.7. The lowest BCUT2D eigenvalue weighted by Gasteiger charge is -2.08. The molecular weight excluding hydrogens is 284 g/mol. The topological polar surface area (TPSA) is 103 Å². The molecule has 2 rings (SSSR count). The summed E-state index contributed by atoms with van der Waals surface area (Å²) in [6.07, 6.45) is 1.37. The van der Waals surface area contributed by atoms with Crippen LogP contribution in [0, 0.1) is 0 Å². The molecule has 7 heteroatoms. The van der Waals surface area contributed by atoms with Crippen LogP contribution in [0.15, 0.2) is 36.5 Å². The molecular formula is C13H9ClN2O4. The fourth-order valence-electron chi connectivity index (χ4n) is 1.45. The van der Waals surface area contributed by atoms with Crippen molar-refractivity contribution in [3.8, 4) is 11.5 Å². The van der Waals surface area contributed by atoms with Crippen molar-refractivity contribution < 1.29 is 19.4 Å². The summed E-state index contributed by atoms with van der Waals surface area (Å²) in [5.74, 6) is -1.18. The van der Waals surface area contributed by atoms with Crippen LogP contribution in [0.4, 0.5) is 0 Å². The van der Waals surface area contributed by atoms with Crippen LogP contribution in [-0.2, 0) is 0 Å². The largest absolute Gasteiger partial charge is 0.478 e. The second-order valence-electron chi connectivity index (χ2n) is 3.79. The molecule has 0 atom stereocenters. The smallest absolute Gasteiger partial charge is 0.335 e. The number of benzene rings is 1. The first kappa shape index (κ1) is 13.8. The molecule has 1 aromatic heterocycles. The number of hydrogen-bond donors (Lipinski definition) is 2. The van der Waals surface area contributed by atoms with Crippen LogP contribution in [0.3, 0.4) is 0 Å². The molecule has 0 aliphatic rings. The van der Waals surface area contributed by atoms with Crippen LogP contribution in [0.25, 0.3) is 0 Å².